The Bertz CT molecular complexity index is 895. The lowest BCUT2D eigenvalue weighted by atomic mass is 10.2. The van der Waals surface area contributed by atoms with Gasteiger partial charge in [0.15, 0.2) is 11.5 Å². The van der Waals surface area contributed by atoms with E-state index < -0.39 is 11.6 Å². The largest absolute Gasteiger partial charge is 0.494 e. The first kappa shape index (κ1) is 20.1. The van der Waals surface area contributed by atoms with Crippen molar-refractivity contribution in [1.82, 2.24) is 0 Å². The number of methoxy groups -OCH3 is 2. The normalized spacial score (nSPS) is 12.0. The second kappa shape index (κ2) is 7.56. The highest BCUT2D eigenvalue weighted by atomic mass is 32.1. The van der Waals surface area contributed by atoms with Crippen molar-refractivity contribution >= 4 is 49.1 Å². The van der Waals surface area contributed by atoms with Gasteiger partial charge in [-0.2, -0.15) is 0 Å². The van der Waals surface area contributed by atoms with Gasteiger partial charge in [0.2, 0.25) is 0 Å². The minimum atomic E-state index is -0.662. The average Bonchev–Trinajstić information content (AvgIpc) is 3.05. The maximum Gasteiger partial charge on any atom is 0.336 e. The van der Waals surface area contributed by atoms with Gasteiger partial charge in [-0.15, -0.1) is 22.7 Å². The van der Waals surface area contributed by atoms with Crippen LogP contribution >= 0.6 is 22.7 Å². The van der Waals surface area contributed by atoms with Crippen molar-refractivity contribution in [3.8, 4) is 11.5 Å². The lowest BCUT2D eigenvalue weighted by Crippen LogP contribution is -2.24. The number of ether oxygens (including phenoxy) is 3. The fourth-order valence-corrected chi connectivity index (χ4v) is 4.89. The minimum Gasteiger partial charge on any atom is -0.494 e. The summed E-state index contributed by atoms with van der Waals surface area (Å²) < 4.78 is 18.3. The number of hydrogen-bond donors (Lipinski definition) is 0. The summed E-state index contributed by atoms with van der Waals surface area (Å²) in [4.78, 5) is 18.3. The fourth-order valence-electron chi connectivity index (χ4n) is 2.25. The van der Waals surface area contributed by atoms with Gasteiger partial charge in [-0.1, -0.05) is 0 Å². The molecule has 0 aromatic carbocycles. The summed E-state index contributed by atoms with van der Waals surface area (Å²) in [7, 11) is 7.10. The van der Waals surface area contributed by atoms with Gasteiger partial charge in [0.25, 0.3) is 5.70 Å². The number of thiophene rings is 2. The lowest BCUT2D eigenvalue weighted by Gasteiger charge is -2.19. The second-order valence-corrected chi connectivity index (χ2v) is 8.69. The Balaban J connectivity index is 2.57. The number of hydrogen-bond acceptors (Lipinski definition) is 7. The molecule has 0 N–H and O–H groups in total. The van der Waals surface area contributed by atoms with E-state index in [1.807, 2.05) is 19.0 Å². The minimum absolute atomic E-state index is 0.0843. The first-order valence-electron chi connectivity index (χ1n) is 7.80. The van der Waals surface area contributed by atoms with Crippen LogP contribution in [0.4, 0.5) is 5.00 Å². The molecule has 0 bridgehead atoms. The van der Waals surface area contributed by atoms with Gasteiger partial charge >= 0.3 is 5.97 Å². The highest BCUT2D eigenvalue weighted by Gasteiger charge is 2.25. The molecule has 2 aromatic rings. The Labute approximate surface area is 161 Å². The van der Waals surface area contributed by atoms with Crippen molar-refractivity contribution in [2.24, 2.45) is 0 Å². The Hall–Kier alpha value is -2.24. The van der Waals surface area contributed by atoms with Crippen LogP contribution in [-0.2, 0) is 9.53 Å². The first-order chi connectivity index (χ1) is 12.1. The van der Waals surface area contributed by atoms with E-state index >= 15 is 0 Å². The Morgan fingerprint density at radius 1 is 1.12 bits per heavy atom. The summed E-state index contributed by atoms with van der Waals surface area (Å²) in [6.07, 6.45) is 1.52. The highest BCUT2D eigenvalue weighted by Crippen LogP contribution is 2.53. The molecule has 2 aromatic heterocycles. The van der Waals surface area contributed by atoms with E-state index in [1.54, 1.807) is 46.3 Å². The van der Waals surface area contributed by atoms with Gasteiger partial charge in [-0.05, 0) is 26.8 Å². The Morgan fingerprint density at radius 2 is 1.69 bits per heavy atom. The number of nitrogens with zero attached hydrogens (tertiary/aromatic N) is 2. The van der Waals surface area contributed by atoms with Crippen LogP contribution in [0.1, 0.15) is 25.6 Å². The van der Waals surface area contributed by atoms with E-state index in [9.17, 15) is 4.79 Å². The number of rotatable bonds is 5. The molecule has 0 fully saturated rings. The summed E-state index contributed by atoms with van der Waals surface area (Å²) in [5, 5.41) is 0.986. The number of anilines is 1. The summed E-state index contributed by atoms with van der Waals surface area (Å²) in [5.74, 6) is 0.748. The van der Waals surface area contributed by atoms with Gasteiger partial charge in [0.1, 0.15) is 10.6 Å². The van der Waals surface area contributed by atoms with Crippen molar-refractivity contribution in [2.45, 2.75) is 26.4 Å². The van der Waals surface area contributed by atoms with Crippen molar-refractivity contribution in [3.05, 3.63) is 22.0 Å². The molecule has 2 heterocycles. The number of fused-ring (bicyclic) bond motifs is 1. The summed E-state index contributed by atoms with van der Waals surface area (Å²) >= 11 is 2.97. The zero-order chi connectivity index (χ0) is 19.6. The molecule has 8 heteroatoms. The van der Waals surface area contributed by atoms with Crippen molar-refractivity contribution in [2.75, 3.05) is 33.2 Å². The van der Waals surface area contributed by atoms with Crippen LogP contribution in [0, 0.1) is 6.57 Å². The predicted octanol–water partition coefficient (Wildman–Crippen LogP) is 4.65. The monoisotopic (exact) mass is 394 g/mol. The van der Waals surface area contributed by atoms with Crippen molar-refractivity contribution < 1.29 is 19.0 Å². The first-order valence-corrected chi connectivity index (χ1v) is 9.43. The van der Waals surface area contributed by atoms with E-state index in [4.69, 9.17) is 20.8 Å². The van der Waals surface area contributed by atoms with E-state index in [2.05, 4.69) is 4.85 Å². The topological polar surface area (TPSA) is 52.4 Å². The van der Waals surface area contributed by atoms with Crippen molar-refractivity contribution in [1.29, 1.82) is 0 Å². The predicted molar refractivity (Wildman–Crippen MR) is 108 cm³/mol. The number of esters is 1. The number of carbonyl (C=O) groups is 1. The fraction of sp³-hybridized carbons (Fsp3) is 0.444. The molecule has 0 unspecified atom stereocenters. The molecule has 0 aliphatic rings. The van der Waals surface area contributed by atoms with E-state index in [-0.39, 0.29) is 5.70 Å². The summed E-state index contributed by atoms with van der Waals surface area (Å²) in [6.45, 7) is 12.6. The molecular weight excluding hydrogens is 372 g/mol. The molecule has 0 radical (unpaired) electrons. The number of carbonyl (C=O) groups excluding carboxylic acids is 1. The molecule has 2 rings (SSSR count). The van der Waals surface area contributed by atoms with Gasteiger partial charge in [-0.3, -0.25) is 4.79 Å². The lowest BCUT2D eigenvalue weighted by molar-refractivity contribution is -0.149. The van der Waals surface area contributed by atoms with Crippen LogP contribution in [0.5, 0.6) is 11.5 Å². The molecule has 0 saturated heterocycles. The average molecular weight is 395 g/mol. The molecule has 0 amide bonds. The van der Waals surface area contributed by atoms with Gasteiger partial charge in [0, 0.05) is 14.1 Å². The van der Waals surface area contributed by atoms with Gasteiger partial charge in [-0.25, -0.2) is 4.85 Å². The summed E-state index contributed by atoms with van der Waals surface area (Å²) in [5.41, 5.74) is -0.746. The van der Waals surface area contributed by atoms with Crippen LogP contribution in [0.25, 0.3) is 20.3 Å². The molecule has 0 saturated carbocycles. The Morgan fingerprint density at radius 3 is 2.15 bits per heavy atom. The maximum atomic E-state index is 12.2. The second-order valence-electron chi connectivity index (χ2n) is 6.64. The third-order valence-electron chi connectivity index (χ3n) is 3.26. The quantitative estimate of drug-likeness (QED) is 0.420. The van der Waals surface area contributed by atoms with Crippen LogP contribution in [-0.4, -0.2) is 39.9 Å². The molecule has 140 valence electrons. The molecule has 0 spiro atoms. The van der Waals surface area contributed by atoms with Crippen LogP contribution in [0.15, 0.2) is 5.70 Å². The van der Waals surface area contributed by atoms with Gasteiger partial charge < -0.3 is 19.1 Å². The smallest absolute Gasteiger partial charge is 0.336 e. The van der Waals surface area contributed by atoms with Crippen LogP contribution in [0.3, 0.4) is 0 Å². The van der Waals surface area contributed by atoms with Crippen LogP contribution in [0.2, 0.25) is 0 Å². The SMILES string of the molecule is [C-]#[N+]/C(=C\c1sc2c(OC)c(N(C)C)sc2c1OC)C(=O)OC(C)(C)C. The molecule has 0 aliphatic heterocycles. The highest BCUT2D eigenvalue weighted by molar-refractivity contribution is 7.31. The van der Waals surface area contributed by atoms with Crippen LogP contribution < -0.4 is 14.4 Å². The standard InChI is InChI=1S/C18H22N2O4S2/c1-18(2,3)24-17(21)10(19-4)9-11-12(22-7)14-15(25-11)13(23-8)16(26-14)20(5)6/h9H,1-3,5-8H3/b10-9-. The maximum absolute atomic E-state index is 12.2. The molecule has 26 heavy (non-hydrogen) atoms. The van der Waals surface area contributed by atoms with Crippen molar-refractivity contribution in [3.63, 3.8) is 0 Å². The van der Waals surface area contributed by atoms with E-state index in [1.165, 1.54) is 17.4 Å². The zero-order valence-corrected chi connectivity index (χ0v) is 17.6. The third kappa shape index (κ3) is 3.94. The molecule has 0 atom stereocenters. The molecule has 6 nitrogen and oxygen atoms in total. The zero-order valence-electron chi connectivity index (χ0n) is 15.9. The molecule has 0 aliphatic carbocycles. The Kier molecular flexibility index (Phi) is 5.84. The summed E-state index contributed by atoms with van der Waals surface area (Å²) in [6, 6.07) is 0. The van der Waals surface area contributed by atoms with E-state index in [0.717, 1.165) is 20.2 Å². The third-order valence-corrected chi connectivity index (χ3v) is 5.84. The molecular formula is C18H22N2O4S2. The van der Waals surface area contributed by atoms with Gasteiger partial charge in [0.05, 0.1) is 35.1 Å². The van der Waals surface area contributed by atoms with E-state index in [0.29, 0.717) is 10.6 Å².